The third kappa shape index (κ3) is 1.75. The largest absolute Gasteiger partial charge is 0.311 e. The number of hydrogen-bond acceptors (Lipinski definition) is 0. The molecule has 0 amide bonds. The van der Waals surface area contributed by atoms with Crippen LogP contribution in [-0.4, -0.2) is 6.69 Å². The van der Waals surface area contributed by atoms with Gasteiger partial charge in [0.1, 0.15) is 0 Å². The fraction of sp³-hybridized carbons (Fsp3) is 0. The van der Waals surface area contributed by atoms with Gasteiger partial charge in [0.05, 0.1) is 0 Å². The maximum absolute atomic E-state index is 6.63. The quantitative estimate of drug-likeness (QED) is 0.577. The first-order valence-electron chi connectivity index (χ1n) is 5.44. The van der Waals surface area contributed by atoms with Gasteiger partial charge in [0.25, 0.3) is 0 Å². The normalized spacial score (nSPS) is 13.6. The molecule has 0 bridgehead atoms. The maximum atomic E-state index is 6.63. The van der Waals surface area contributed by atoms with Gasteiger partial charge >= 0.3 is 6.69 Å². The number of hydrogen-bond donors (Lipinski definition) is 0. The van der Waals surface area contributed by atoms with E-state index in [2.05, 4.69) is 18.2 Å². The Morgan fingerprint density at radius 1 is 0.765 bits per heavy atom. The lowest BCUT2D eigenvalue weighted by atomic mass is 9.98. The molecule has 0 aromatic heterocycles. The molecule has 2 aromatic rings. The van der Waals surface area contributed by atoms with Crippen LogP contribution in [0.15, 0.2) is 54.6 Å². The summed E-state index contributed by atoms with van der Waals surface area (Å²) in [5.74, 6) is 0. The van der Waals surface area contributed by atoms with Crippen LogP contribution in [-0.2, 0) is 0 Å². The van der Waals surface area contributed by atoms with Crippen molar-refractivity contribution in [2.45, 2.75) is 0 Å². The topological polar surface area (TPSA) is 0 Å². The maximum Gasteiger partial charge on any atom is 0.311 e. The molecule has 2 aromatic carbocycles. The van der Waals surface area contributed by atoms with E-state index in [0.29, 0.717) is 0 Å². The lowest BCUT2D eigenvalue weighted by molar-refractivity contribution is 1.56. The highest BCUT2D eigenvalue weighted by atomic mass is 35.7. The summed E-state index contributed by atoms with van der Waals surface area (Å²) in [6.07, 6.45) is 2.11. The molecule has 0 spiro atoms. The molecular formula is C14H10Cl2Si. The number of fused-ring (bicyclic) bond motifs is 1. The molecule has 1 aliphatic rings. The Bertz CT molecular complexity index is 588. The summed E-state index contributed by atoms with van der Waals surface area (Å²) in [5.41, 5.74) is 2.43. The molecule has 0 radical (unpaired) electrons. The average Bonchev–Trinajstić information content (AvgIpc) is 2.32. The van der Waals surface area contributed by atoms with Crippen LogP contribution < -0.4 is 5.19 Å². The third-order valence-electron chi connectivity index (χ3n) is 3.03. The van der Waals surface area contributed by atoms with Gasteiger partial charge in [0, 0.05) is 0 Å². The van der Waals surface area contributed by atoms with E-state index in [4.69, 9.17) is 22.2 Å². The van der Waals surface area contributed by atoms with E-state index in [1.54, 1.807) is 0 Å². The predicted octanol–water partition coefficient (Wildman–Crippen LogP) is 3.91. The van der Waals surface area contributed by atoms with Gasteiger partial charge in [-0.15, -0.1) is 22.2 Å². The van der Waals surface area contributed by atoms with Gasteiger partial charge in [-0.25, -0.2) is 0 Å². The molecule has 0 aliphatic heterocycles. The average molecular weight is 277 g/mol. The second-order valence-corrected chi connectivity index (χ2v) is 10.3. The predicted molar refractivity (Wildman–Crippen MR) is 77.8 cm³/mol. The third-order valence-corrected chi connectivity index (χ3v) is 7.70. The van der Waals surface area contributed by atoms with Crippen LogP contribution in [0.25, 0.3) is 11.3 Å². The van der Waals surface area contributed by atoms with Crippen LogP contribution >= 0.6 is 22.2 Å². The number of rotatable bonds is 2. The van der Waals surface area contributed by atoms with E-state index in [9.17, 15) is 0 Å². The molecule has 0 heterocycles. The smallest absolute Gasteiger partial charge is 0.134 e. The lowest BCUT2D eigenvalue weighted by Gasteiger charge is -2.28. The van der Waals surface area contributed by atoms with E-state index in [0.717, 1.165) is 10.4 Å². The zero-order valence-electron chi connectivity index (χ0n) is 9.03. The molecule has 0 saturated carbocycles. The monoisotopic (exact) mass is 276 g/mol. The zero-order chi connectivity index (χ0) is 11.9. The molecule has 0 nitrogen and oxygen atoms in total. The Labute approximate surface area is 111 Å². The summed E-state index contributed by atoms with van der Waals surface area (Å²) in [4.78, 5) is 0. The van der Waals surface area contributed by atoms with Gasteiger partial charge in [0.15, 0.2) is 0 Å². The van der Waals surface area contributed by atoms with E-state index in [1.807, 2.05) is 42.5 Å². The molecule has 3 rings (SSSR count). The van der Waals surface area contributed by atoms with Crippen LogP contribution in [0.5, 0.6) is 0 Å². The van der Waals surface area contributed by atoms with Crippen LogP contribution in [0.4, 0.5) is 0 Å². The molecule has 3 heteroatoms. The van der Waals surface area contributed by atoms with Gasteiger partial charge in [-0.3, -0.25) is 0 Å². The van der Waals surface area contributed by atoms with Crippen molar-refractivity contribution in [1.82, 2.24) is 0 Å². The number of halogens is 2. The molecular weight excluding hydrogens is 267 g/mol. The van der Waals surface area contributed by atoms with Gasteiger partial charge in [-0.05, 0) is 21.5 Å². The first-order chi connectivity index (χ1) is 8.19. The first kappa shape index (κ1) is 11.1. The van der Waals surface area contributed by atoms with Crippen molar-refractivity contribution in [2.75, 3.05) is 0 Å². The highest BCUT2D eigenvalue weighted by Crippen LogP contribution is 2.42. The summed E-state index contributed by atoms with van der Waals surface area (Å²) < 4.78 is 0. The Balaban J connectivity index is 2.02. The van der Waals surface area contributed by atoms with Crippen LogP contribution in [0.2, 0.25) is 0 Å². The molecule has 84 valence electrons. The minimum Gasteiger partial charge on any atom is -0.134 e. The molecule has 0 fully saturated rings. The molecule has 0 saturated heterocycles. The van der Waals surface area contributed by atoms with Crippen molar-refractivity contribution < 1.29 is 0 Å². The van der Waals surface area contributed by atoms with E-state index in [-0.39, 0.29) is 0 Å². The van der Waals surface area contributed by atoms with Crippen molar-refractivity contribution in [3.63, 3.8) is 0 Å². The fourth-order valence-electron chi connectivity index (χ4n) is 2.09. The second-order valence-electron chi connectivity index (χ2n) is 4.09. The highest BCUT2D eigenvalue weighted by molar-refractivity contribution is 7.58. The van der Waals surface area contributed by atoms with Crippen LogP contribution in [0.1, 0.15) is 11.1 Å². The minimum atomic E-state index is -2.54. The van der Waals surface area contributed by atoms with Gasteiger partial charge in [-0.2, -0.15) is 0 Å². The zero-order valence-corrected chi connectivity index (χ0v) is 11.5. The number of benzene rings is 2. The van der Waals surface area contributed by atoms with Gasteiger partial charge in [0.2, 0.25) is 0 Å². The van der Waals surface area contributed by atoms with Crippen molar-refractivity contribution in [1.29, 1.82) is 0 Å². The molecule has 0 N–H and O–H groups in total. The molecule has 1 aliphatic carbocycles. The summed E-state index contributed by atoms with van der Waals surface area (Å²) in [6, 6.07) is 18.2. The van der Waals surface area contributed by atoms with Crippen LogP contribution in [0, 0.1) is 0 Å². The van der Waals surface area contributed by atoms with Gasteiger partial charge in [-0.1, -0.05) is 60.7 Å². The first-order valence-corrected chi connectivity index (χ1v) is 9.47. The summed E-state index contributed by atoms with van der Waals surface area (Å²) in [5, 5.41) is 2.16. The Hall–Kier alpha value is -1.02. The van der Waals surface area contributed by atoms with Crippen LogP contribution in [0.3, 0.4) is 0 Å². The van der Waals surface area contributed by atoms with Gasteiger partial charge < -0.3 is 0 Å². The van der Waals surface area contributed by atoms with E-state index < -0.39 is 6.69 Å². The van der Waals surface area contributed by atoms with Crippen molar-refractivity contribution in [2.24, 2.45) is 0 Å². The Morgan fingerprint density at radius 2 is 1.41 bits per heavy atom. The molecule has 0 unspecified atom stereocenters. The fourth-order valence-corrected chi connectivity index (χ4v) is 5.61. The summed E-state index contributed by atoms with van der Waals surface area (Å²) >= 11 is 13.3. The van der Waals surface area contributed by atoms with E-state index in [1.165, 1.54) is 11.1 Å². The standard InChI is InChI=1S/C14H10Cl2Si/c15-17(16,12-7-2-1-3-8-12)14-10-11-6-4-5-9-13(11)14/h1-10H. The van der Waals surface area contributed by atoms with E-state index >= 15 is 0 Å². The molecule has 17 heavy (non-hydrogen) atoms. The second kappa shape index (κ2) is 4.02. The summed E-state index contributed by atoms with van der Waals surface area (Å²) in [6.45, 7) is -2.54. The SMILES string of the molecule is Cl[Si](Cl)(C1=Cc2ccccc21)c1ccccc1. The summed E-state index contributed by atoms with van der Waals surface area (Å²) in [7, 11) is 0. The molecule has 0 atom stereocenters. The minimum absolute atomic E-state index is 1.05. The Morgan fingerprint density at radius 3 is 2.12 bits per heavy atom. The highest BCUT2D eigenvalue weighted by Gasteiger charge is 2.40. The Kier molecular flexibility index (Phi) is 2.62. The lowest BCUT2D eigenvalue weighted by Crippen LogP contribution is -2.39. The van der Waals surface area contributed by atoms with Crippen molar-refractivity contribution in [3.8, 4) is 0 Å². The van der Waals surface area contributed by atoms with Crippen molar-refractivity contribution in [3.05, 3.63) is 65.7 Å². The van der Waals surface area contributed by atoms with Crippen molar-refractivity contribution >= 4 is 45.3 Å².